The molecular formula is C66H45N3. The number of hydrogen-bond donors (Lipinski definition) is 0. The zero-order chi connectivity index (χ0) is 45.7. The lowest BCUT2D eigenvalue weighted by atomic mass is 10.00. The lowest BCUT2D eigenvalue weighted by Gasteiger charge is -2.26. The fraction of sp³-hybridized carbons (Fsp3) is 0. The first-order chi connectivity index (χ1) is 34.2. The fourth-order valence-corrected chi connectivity index (χ4v) is 10.4. The third kappa shape index (κ3) is 7.08. The van der Waals surface area contributed by atoms with Crippen LogP contribution in [0.15, 0.2) is 273 Å². The summed E-state index contributed by atoms with van der Waals surface area (Å²) in [4.78, 5) is 2.36. The quantitative estimate of drug-likeness (QED) is 0.141. The largest absolute Gasteiger partial charge is 0.311 e. The molecule has 0 aliphatic heterocycles. The minimum Gasteiger partial charge on any atom is -0.311 e. The SMILES string of the molecule is c1ccc(-c2ccc(-c3cccc(-n4c5ccccc5c5ccc6c7ccccc7n(-c7ccc(N(c8ccc(-c9ccccc9)cc8)c8ccc(-c9ccccc9)cc8)cc7)c6c54)c3)cc2)cc1. The molecule has 0 fully saturated rings. The van der Waals surface area contributed by atoms with Crippen molar-refractivity contribution < 1.29 is 0 Å². The van der Waals surface area contributed by atoms with E-state index in [2.05, 4.69) is 287 Å². The molecule has 2 heterocycles. The number of anilines is 3. The lowest BCUT2D eigenvalue weighted by Crippen LogP contribution is -2.10. The van der Waals surface area contributed by atoms with Gasteiger partial charge in [0.05, 0.1) is 22.1 Å². The van der Waals surface area contributed by atoms with Crippen molar-refractivity contribution in [2.24, 2.45) is 0 Å². The van der Waals surface area contributed by atoms with Crippen LogP contribution in [0.25, 0.3) is 99.5 Å². The van der Waals surface area contributed by atoms with E-state index in [4.69, 9.17) is 0 Å². The summed E-state index contributed by atoms with van der Waals surface area (Å²) < 4.78 is 4.96. The first-order valence-corrected chi connectivity index (χ1v) is 23.7. The second-order valence-electron chi connectivity index (χ2n) is 17.7. The summed E-state index contributed by atoms with van der Waals surface area (Å²) in [5, 5.41) is 4.89. The summed E-state index contributed by atoms with van der Waals surface area (Å²) in [5.74, 6) is 0. The maximum Gasteiger partial charge on any atom is 0.0788 e. The normalized spacial score (nSPS) is 11.5. The number of benzene rings is 11. The highest BCUT2D eigenvalue weighted by molar-refractivity contribution is 6.23. The van der Waals surface area contributed by atoms with Gasteiger partial charge in [-0.1, -0.05) is 200 Å². The van der Waals surface area contributed by atoms with Gasteiger partial charge in [-0.05, 0) is 117 Å². The highest BCUT2D eigenvalue weighted by Crippen LogP contribution is 2.43. The Kier molecular flexibility index (Phi) is 9.84. The number of aromatic nitrogens is 2. The van der Waals surface area contributed by atoms with Gasteiger partial charge in [0.2, 0.25) is 0 Å². The van der Waals surface area contributed by atoms with Crippen LogP contribution in [0, 0.1) is 0 Å². The molecule has 13 aromatic rings. The topological polar surface area (TPSA) is 13.1 Å². The van der Waals surface area contributed by atoms with Gasteiger partial charge >= 0.3 is 0 Å². The molecule has 0 N–H and O–H groups in total. The third-order valence-corrected chi connectivity index (χ3v) is 13.7. The van der Waals surface area contributed by atoms with Gasteiger partial charge in [-0.2, -0.15) is 0 Å². The smallest absolute Gasteiger partial charge is 0.0788 e. The average Bonchev–Trinajstić information content (AvgIpc) is 3.96. The molecule has 13 rings (SSSR count). The Hall–Kier alpha value is -9.18. The maximum atomic E-state index is 2.48. The van der Waals surface area contributed by atoms with E-state index in [1.165, 1.54) is 88.1 Å². The van der Waals surface area contributed by atoms with E-state index in [0.717, 1.165) is 28.4 Å². The van der Waals surface area contributed by atoms with E-state index in [-0.39, 0.29) is 0 Å². The van der Waals surface area contributed by atoms with Gasteiger partial charge in [0, 0.05) is 50.0 Å². The number of rotatable bonds is 9. The Balaban J connectivity index is 0.962. The second-order valence-corrected chi connectivity index (χ2v) is 17.7. The third-order valence-electron chi connectivity index (χ3n) is 13.7. The summed E-state index contributed by atoms with van der Waals surface area (Å²) in [5.41, 5.74) is 19.8. The predicted octanol–water partition coefficient (Wildman–Crippen LogP) is 18.0. The number of para-hydroxylation sites is 2. The molecule has 324 valence electrons. The average molecular weight is 880 g/mol. The van der Waals surface area contributed by atoms with Crippen molar-refractivity contribution in [1.29, 1.82) is 0 Å². The Morgan fingerprint density at radius 3 is 1.00 bits per heavy atom. The standard InChI is InChI=1S/C66H45N3/c1-4-15-46(16-5-1)49-27-29-52(30-28-49)53-21-14-22-58(45-53)69-64-26-13-11-24-60(64)62-44-43-61-59-23-10-12-25-63(59)68(65(61)66(62)69)57-41-39-56(40-42-57)67(54-35-31-50(32-36-54)47-17-6-2-7-18-47)55-37-33-51(34-38-55)48-19-8-3-9-20-48/h1-45H. The molecule has 0 saturated heterocycles. The van der Waals surface area contributed by atoms with E-state index in [0.29, 0.717) is 0 Å². The van der Waals surface area contributed by atoms with Gasteiger partial charge in [-0.15, -0.1) is 0 Å². The molecule has 0 amide bonds. The second kappa shape index (κ2) is 16.9. The molecule has 3 heteroatoms. The van der Waals surface area contributed by atoms with Crippen molar-refractivity contribution in [2.75, 3.05) is 4.90 Å². The molecule has 0 unspecified atom stereocenters. The lowest BCUT2D eigenvalue weighted by molar-refractivity contribution is 1.15. The van der Waals surface area contributed by atoms with Gasteiger partial charge in [0.15, 0.2) is 0 Å². The van der Waals surface area contributed by atoms with Gasteiger partial charge in [-0.3, -0.25) is 0 Å². The predicted molar refractivity (Wildman–Crippen MR) is 292 cm³/mol. The summed E-state index contributed by atoms with van der Waals surface area (Å²) >= 11 is 0. The van der Waals surface area contributed by atoms with Crippen molar-refractivity contribution in [3.05, 3.63) is 273 Å². The number of nitrogens with zero attached hydrogens (tertiary/aromatic N) is 3. The van der Waals surface area contributed by atoms with Crippen LogP contribution in [0.1, 0.15) is 0 Å². The van der Waals surface area contributed by atoms with Crippen LogP contribution in [0.4, 0.5) is 17.1 Å². The minimum absolute atomic E-state index is 1.08. The minimum atomic E-state index is 1.08. The van der Waals surface area contributed by atoms with Crippen LogP contribution in [0.3, 0.4) is 0 Å². The molecule has 11 aromatic carbocycles. The summed E-state index contributed by atoms with van der Waals surface area (Å²) in [6.45, 7) is 0. The molecule has 0 aliphatic rings. The monoisotopic (exact) mass is 879 g/mol. The zero-order valence-corrected chi connectivity index (χ0v) is 37.8. The first-order valence-electron chi connectivity index (χ1n) is 23.7. The Morgan fingerprint density at radius 2 is 0.551 bits per heavy atom. The van der Waals surface area contributed by atoms with E-state index < -0.39 is 0 Å². The summed E-state index contributed by atoms with van der Waals surface area (Å²) in [6, 6.07) is 99.0. The Morgan fingerprint density at radius 1 is 0.217 bits per heavy atom. The molecule has 0 spiro atoms. The van der Waals surface area contributed by atoms with E-state index in [1.807, 2.05) is 0 Å². The van der Waals surface area contributed by atoms with Crippen LogP contribution >= 0.6 is 0 Å². The van der Waals surface area contributed by atoms with E-state index in [9.17, 15) is 0 Å². The van der Waals surface area contributed by atoms with Crippen LogP contribution in [-0.4, -0.2) is 9.13 Å². The van der Waals surface area contributed by atoms with Crippen molar-refractivity contribution in [3.8, 4) is 55.9 Å². The molecule has 69 heavy (non-hydrogen) atoms. The summed E-state index contributed by atoms with van der Waals surface area (Å²) in [6.07, 6.45) is 0. The molecule has 0 saturated carbocycles. The van der Waals surface area contributed by atoms with Crippen LogP contribution < -0.4 is 4.90 Å². The number of fused-ring (bicyclic) bond motifs is 7. The van der Waals surface area contributed by atoms with Crippen LogP contribution in [0.5, 0.6) is 0 Å². The zero-order valence-electron chi connectivity index (χ0n) is 37.8. The molecule has 0 aliphatic carbocycles. The van der Waals surface area contributed by atoms with Gasteiger partial charge in [-0.25, -0.2) is 0 Å². The van der Waals surface area contributed by atoms with Gasteiger partial charge < -0.3 is 14.0 Å². The van der Waals surface area contributed by atoms with E-state index in [1.54, 1.807) is 0 Å². The molecule has 2 aromatic heterocycles. The Labute approximate surface area is 401 Å². The Bertz CT molecular complexity index is 3860. The van der Waals surface area contributed by atoms with Crippen LogP contribution in [0.2, 0.25) is 0 Å². The van der Waals surface area contributed by atoms with Gasteiger partial charge in [0.25, 0.3) is 0 Å². The maximum absolute atomic E-state index is 2.48. The highest BCUT2D eigenvalue weighted by atomic mass is 15.1. The molecule has 0 bridgehead atoms. The summed E-state index contributed by atoms with van der Waals surface area (Å²) in [7, 11) is 0. The number of hydrogen-bond acceptors (Lipinski definition) is 1. The van der Waals surface area contributed by atoms with E-state index >= 15 is 0 Å². The van der Waals surface area contributed by atoms with Crippen molar-refractivity contribution in [3.63, 3.8) is 0 Å². The van der Waals surface area contributed by atoms with Gasteiger partial charge in [0.1, 0.15) is 0 Å². The molecular weight excluding hydrogens is 835 g/mol. The highest BCUT2D eigenvalue weighted by Gasteiger charge is 2.22. The van der Waals surface area contributed by atoms with Crippen LogP contribution in [-0.2, 0) is 0 Å². The fourth-order valence-electron chi connectivity index (χ4n) is 10.4. The molecule has 0 radical (unpaired) electrons. The first kappa shape index (κ1) is 40.1. The molecule has 0 atom stereocenters. The van der Waals surface area contributed by atoms with Crippen molar-refractivity contribution in [2.45, 2.75) is 0 Å². The van der Waals surface area contributed by atoms with Crippen molar-refractivity contribution >= 4 is 60.7 Å². The molecule has 3 nitrogen and oxygen atoms in total. The van der Waals surface area contributed by atoms with Crippen molar-refractivity contribution in [1.82, 2.24) is 9.13 Å².